The van der Waals surface area contributed by atoms with Crippen molar-refractivity contribution in [1.29, 1.82) is 0 Å². The minimum atomic E-state index is -3.09. The van der Waals surface area contributed by atoms with Gasteiger partial charge >= 0.3 is 0 Å². The van der Waals surface area contributed by atoms with Gasteiger partial charge in [-0.15, -0.1) is 0 Å². The van der Waals surface area contributed by atoms with Crippen LogP contribution in [0, 0.1) is 5.41 Å². The molecule has 1 aliphatic rings. The van der Waals surface area contributed by atoms with Gasteiger partial charge in [-0.1, -0.05) is 13.8 Å². The van der Waals surface area contributed by atoms with Gasteiger partial charge in [0.15, 0.2) is 0 Å². The molecule has 20 heavy (non-hydrogen) atoms. The van der Waals surface area contributed by atoms with Gasteiger partial charge in [-0.2, -0.15) is 0 Å². The molecular formula is C13H26N2O4S. The lowest BCUT2D eigenvalue weighted by Gasteiger charge is -2.51. The number of carbonyl (C=O) groups excluding carboxylic acids is 1. The molecular weight excluding hydrogens is 280 g/mol. The first-order valence-corrected chi connectivity index (χ1v) is 8.99. The number of nitrogens with two attached hydrogens (primary N) is 1. The molecule has 1 saturated carbocycles. The van der Waals surface area contributed by atoms with Crippen LogP contribution in [0.15, 0.2) is 0 Å². The second-order valence-electron chi connectivity index (χ2n) is 6.09. The van der Waals surface area contributed by atoms with Crippen LogP contribution in [-0.2, 0) is 19.4 Å². The van der Waals surface area contributed by atoms with Crippen molar-refractivity contribution in [1.82, 2.24) is 5.32 Å². The number of sulfone groups is 1. The standard InChI is InChI=1S/C13H26N2O4S/c1-5-19-11-8-10(13(11,2)3)15-12(16)9(14)6-7-20(4,17)18/h9-11H,5-8,14H2,1-4H3,(H,15,16). The summed E-state index contributed by atoms with van der Waals surface area (Å²) in [7, 11) is -3.09. The Morgan fingerprint density at radius 3 is 2.55 bits per heavy atom. The third kappa shape index (κ3) is 4.43. The average molecular weight is 306 g/mol. The summed E-state index contributed by atoms with van der Waals surface area (Å²) in [5.41, 5.74) is 5.60. The van der Waals surface area contributed by atoms with Crippen LogP contribution in [0.1, 0.15) is 33.6 Å². The minimum absolute atomic E-state index is 0.0239. The van der Waals surface area contributed by atoms with Gasteiger partial charge in [-0.3, -0.25) is 4.79 Å². The topological polar surface area (TPSA) is 98.5 Å². The third-order valence-electron chi connectivity index (χ3n) is 4.00. The second-order valence-corrected chi connectivity index (χ2v) is 8.35. The summed E-state index contributed by atoms with van der Waals surface area (Å²) >= 11 is 0. The lowest BCUT2D eigenvalue weighted by molar-refractivity contribution is -0.137. The lowest BCUT2D eigenvalue weighted by Crippen LogP contribution is -2.63. The zero-order chi connectivity index (χ0) is 15.6. The van der Waals surface area contributed by atoms with Crippen LogP contribution in [0.3, 0.4) is 0 Å². The maximum atomic E-state index is 11.9. The highest BCUT2D eigenvalue weighted by atomic mass is 32.2. The first-order chi connectivity index (χ1) is 9.08. The molecule has 0 aliphatic heterocycles. The summed E-state index contributed by atoms with van der Waals surface area (Å²) < 4.78 is 27.7. The molecule has 0 heterocycles. The van der Waals surface area contributed by atoms with Crippen molar-refractivity contribution in [2.75, 3.05) is 18.6 Å². The molecule has 1 amide bonds. The van der Waals surface area contributed by atoms with E-state index < -0.39 is 15.9 Å². The van der Waals surface area contributed by atoms with Crippen molar-refractivity contribution in [3.63, 3.8) is 0 Å². The number of hydrogen-bond donors (Lipinski definition) is 2. The summed E-state index contributed by atoms with van der Waals surface area (Å²) in [6, 6.07) is -0.762. The van der Waals surface area contributed by atoms with Gasteiger partial charge in [-0.05, 0) is 19.8 Å². The van der Waals surface area contributed by atoms with Gasteiger partial charge < -0.3 is 15.8 Å². The minimum Gasteiger partial charge on any atom is -0.378 e. The lowest BCUT2D eigenvalue weighted by atomic mass is 9.64. The number of ether oxygens (including phenoxy) is 1. The van der Waals surface area contributed by atoms with E-state index in [0.717, 1.165) is 12.7 Å². The summed E-state index contributed by atoms with van der Waals surface area (Å²) in [4.78, 5) is 11.9. The molecule has 3 atom stereocenters. The van der Waals surface area contributed by atoms with Crippen molar-refractivity contribution < 1.29 is 17.9 Å². The van der Waals surface area contributed by atoms with Gasteiger partial charge in [-0.25, -0.2) is 8.42 Å². The fourth-order valence-corrected chi connectivity index (χ4v) is 3.05. The average Bonchev–Trinajstić information content (AvgIpc) is 2.33. The van der Waals surface area contributed by atoms with E-state index in [0.29, 0.717) is 6.61 Å². The smallest absolute Gasteiger partial charge is 0.237 e. The molecule has 0 aromatic heterocycles. The highest BCUT2D eigenvalue weighted by Crippen LogP contribution is 2.42. The Morgan fingerprint density at radius 1 is 1.50 bits per heavy atom. The molecule has 0 saturated heterocycles. The Morgan fingerprint density at radius 2 is 2.10 bits per heavy atom. The van der Waals surface area contributed by atoms with Crippen molar-refractivity contribution in [3.05, 3.63) is 0 Å². The van der Waals surface area contributed by atoms with E-state index in [1.807, 2.05) is 20.8 Å². The van der Waals surface area contributed by atoms with Crippen molar-refractivity contribution in [2.24, 2.45) is 11.1 Å². The quantitative estimate of drug-likeness (QED) is 0.693. The van der Waals surface area contributed by atoms with Crippen molar-refractivity contribution in [2.45, 2.75) is 51.8 Å². The molecule has 6 nitrogen and oxygen atoms in total. The van der Waals surface area contributed by atoms with Gasteiger partial charge in [0.05, 0.1) is 17.9 Å². The molecule has 1 aliphatic carbocycles. The molecule has 3 unspecified atom stereocenters. The van der Waals surface area contributed by atoms with E-state index in [-0.39, 0.29) is 35.6 Å². The van der Waals surface area contributed by atoms with Crippen molar-refractivity contribution in [3.8, 4) is 0 Å². The van der Waals surface area contributed by atoms with E-state index in [9.17, 15) is 13.2 Å². The molecule has 118 valence electrons. The molecule has 0 aromatic carbocycles. The number of hydrogen-bond acceptors (Lipinski definition) is 5. The van der Waals surface area contributed by atoms with Gasteiger partial charge in [0, 0.05) is 24.3 Å². The van der Waals surface area contributed by atoms with Crippen LogP contribution >= 0.6 is 0 Å². The Bertz CT molecular complexity index is 447. The number of amides is 1. The first kappa shape index (κ1) is 17.4. The summed E-state index contributed by atoms with van der Waals surface area (Å²) in [6.45, 7) is 6.69. The van der Waals surface area contributed by atoms with Crippen LogP contribution in [0.25, 0.3) is 0 Å². The molecule has 3 N–H and O–H groups in total. The number of nitrogens with one attached hydrogen (secondary N) is 1. The van der Waals surface area contributed by atoms with Crippen LogP contribution in [0.2, 0.25) is 0 Å². The van der Waals surface area contributed by atoms with Crippen LogP contribution in [0.5, 0.6) is 0 Å². The van der Waals surface area contributed by atoms with E-state index in [2.05, 4.69) is 5.32 Å². The van der Waals surface area contributed by atoms with Gasteiger partial charge in [0.1, 0.15) is 9.84 Å². The van der Waals surface area contributed by atoms with Crippen molar-refractivity contribution >= 4 is 15.7 Å². The molecule has 0 bridgehead atoms. The number of rotatable bonds is 7. The molecule has 7 heteroatoms. The first-order valence-electron chi connectivity index (χ1n) is 6.93. The number of carbonyl (C=O) groups is 1. The summed E-state index contributed by atoms with van der Waals surface area (Å²) in [6.07, 6.45) is 2.20. The van der Waals surface area contributed by atoms with Crippen LogP contribution in [-0.4, -0.2) is 51.1 Å². The Labute approximate surface area is 121 Å². The molecule has 1 rings (SSSR count). The molecule has 0 radical (unpaired) electrons. The van der Waals surface area contributed by atoms with E-state index in [1.165, 1.54) is 0 Å². The SMILES string of the molecule is CCOC1CC(NC(=O)C(N)CCS(C)(=O)=O)C1(C)C. The maximum Gasteiger partial charge on any atom is 0.237 e. The molecule has 1 fully saturated rings. The predicted molar refractivity (Wildman–Crippen MR) is 78.0 cm³/mol. The van der Waals surface area contributed by atoms with Crippen LogP contribution < -0.4 is 11.1 Å². The Kier molecular flexibility index (Phi) is 5.57. The van der Waals surface area contributed by atoms with Gasteiger partial charge in [0.25, 0.3) is 0 Å². The highest BCUT2D eigenvalue weighted by Gasteiger charge is 2.49. The normalized spacial score (nSPS) is 26.6. The van der Waals surface area contributed by atoms with Gasteiger partial charge in [0.2, 0.25) is 5.91 Å². The maximum absolute atomic E-state index is 11.9. The Balaban J connectivity index is 2.44. The molecule has 0 aromatic rings. The highest BCUT2D eigenvalue weighted by molar-refractivity contribution is 7.90. The summed E-state index contributed by atoms with van der Waals surface area (Å²) in [5, 5.41) is 2.89. The van der Waals surface area contributed by atoms with E-state index in [1.54, 1.807) is 0 Å². The second kappa shape index (κ2) is 6.41. The van der Waals surface area contributed by atoms with Crippen LogP contribution in [0.4, 0.5) is 0 Å². The largest absolute Gasteiger partial charge is 0.378 e. The summed E-state index contributed by atoms with van der Waals surface area (Å²) in [5.74, 6) is -0.362. The zero-order valence-electron chi connectivity index (χ0n) is 12.7. The monoisotopic (exact) mass is 306 g/mol. The fourth-order valence-electron chi connectivity index (χ4n) is 2.37. The Hall–Kier alpha value is -0.660. The zero-order valence-corrected chi connectivity index (χ0v) is 13.5. The van der Waals surface area contributed by atoms with E-state index >= 15 is 0 Å². The predicted octanol–water partition coefficient (Wildman–Crippen LogP) is 0.0682. The molecule has 0 spiro atoms. The van der Waals surface area contributed by atoms with E-state index in [4.69, 9.17) is 10.5 Å². The third-order valence-corrected chi connectivity index (χ3v) is 4.98. The fraction of sp³-hybridized carbons (Fsp3) is 0.923.